The minimum absolute atomic E-state index is 0.814. The fourth-order valence-corrected chi connectivity index (χ4v) is 4.11. The number of imidazole rings is 1. The third-order valence-electron chi connectivity index (χ3n) is 5.91. The minimum Gasteiger partial charge on any atom is -0.337 e. The largest absolute Gasteiger partial charge is 0.337 e. The smallest absolute Gasteiger partial charge is 0.138 e. The molecule has 0 fully saturated rings. The lowest BCUT2D eigenvalue weighted by molar-refractivity contribution is 1.30. The van der Waals surface area contributed by atoms with E-state index in [1.807, 2.05) is 85.1 Å². The van der Waals surface area contributed by atoms with E-state index in [9.17, 15) is 0 Å². The first-order chi connectivity index (χ1) is 17.3. The number of hydrogen-bond donors (Lipinski definition) is 1. The number of benzene rings is 4. The Morgan fingerprint density at radius 2 is 1.23 bits per heavy atom. The second-order valence-corrected chi connectivity index (χ2v) is 8.29. The SMILES string of the molecule is C(#Cc1ccc(-c2nc(-c3cnc4ccccc4c3)c(-c3ccccc3)[nH]2)cc1)c1ccccc1. The molecule has 0 amide bonds. The summed E-state index contributed by atoms with van der Waals surface area (Å²) in [6.07, 6.45) is 1.90. The van der Waals surface area contributed by atoms with Crippen molar-refractivity contribution >= 4 is 10.9 Å². The number of nitrogens with zero attached hydrogens (tertiary/aromatic N) is 2. The number of aromatic amines is 1. The molecule has 0 atom stereocenters. The summed E-state index contributed by atoms with van der Waals surface area (Å²) in [5, 5.41) is 1.09. The molecule has 0 saturated carbocycles. The quantitative estimate of drug-likeness (QED) is 0.288. The van der Waals surface area contributed by atoms with E-state index < -0.39 is 0 Å². The van der Waals surface area contributed by atoms with Crippen molar-refractivity contribution in [3.05, 3.63) is 133 Å². The summed E-state index contributed by atoms with van der Waals surface area (Å²) in [6, 6.07) is 38.8. The lowest BCUT2D eigenvalue weighted by Gasteiger charge is -2.04. The Balaban J connectivity index is 1.40. The molecule has 1 N–H and O–H groups in total. The van der Waals surface area contributed by atoms with Gasteiger partial charge in [-0.3, -0.25) is 4.98 Å². The number of aromatic nitrogens is 3. The van der Waals surface area contributed by atoms with Crippen LogP contribution in [0.5, 0.6) is 0 Å². The molecule has 0 unspecified atom stereocenters. The monoisotopic (exact) mass is 447 g/mol. The Hall–Kier alpha value is -4.94. The van der Waals surface area contributed by atoms with Gasteiger partial charge in [-0.05, 0) is 36.4 Å². The first kappa shape index (κ1) is 20.7. The fourth-order valence-electron chi connectivity index (χ4n) is 4.11. The molecule has 3 nitrogen and oxygen atoms in total. The van der Waals surface area contributed by atoms with Gasteiger partial charge in [0.05, 0.1) is 16.9 Å². The summed E-state index contributed by atoms with van der Waals surface area (Å²) in [5.41, 5.74) is 7.88. The van der Waals surface area contributed by atoms with E-state index in [-0.39, 0.29) is 0 Å². The molecule has 0 radical (unpaired) electrons. The number of pyridine rings is 1. The van der Waals surface area contributed by atoms with Gasteiger partial charge in [-0.2, -0.15) is 0 Å². The lowest BCUT2D eigenvalue weighted by Crippen LogP contribution is -1.86. The van der Waals surface area contributed by atoms with Crippen LogP contribution in [0.1, 0.15) is 11.1 Å². The molecule has 0 bridgehead atoms. The van der Waals surface area contributed by atoms with E-state index in [2.05, 4.69) is 58.2 Å². The first-order valence-corrected chi connectivity index (χ1v) is 11.5. The van der Waals surface area contributed by atoms with Crippen molar-refractivity contribution < 1.29 is 0 Å². The van der Waals surface area contributed by atoms with Crippen molar-refractivity contribution in [1.82, 2.24) is 15.0 Å². The van der Waals surface area contributed by atoms with Crippen LogP contribution in [0.2, 0.25) is 0 Å². The molecule has 4 aromatic carbocycles. The lowest BCUT2D eigenvalue weighted by atomic mass is 10.0. The molecular weight excluding hydrogens is 426 g/mol. The van der Waals surface area contributed by atoms with Gasteiger partial charge in [0.15, 0.2) is 0 Å². The Morgan fingerprint density at radius 3 is 2.00 bits per heavy atom. The van der Waals surface area contributed by atoms with Crippen LogP contribution >= 0.6 is 0 Å². The molecule has 3 heteroatoms. The molecule has 2 heterocycles. The molecule has 35 heavy (non-hydrogen) atoms. The Kier molecular flexibility index (Phi) is 5.39. The van der Waals surface area contributed by atoms with E-state index >= 15 is 0 Å². The molecule has 0 aliphatic rings. The minimum atomic E-state index is 0.814. The first-order valence-electron chi connectivity index (χ1n) is 11.5. The van der Waals surface area contributed by atoms with Crippen molar-refractivity contribution in [2.24, 2.45) is 0 Å². The van der Waals surface area contributed by atoms with E-state index in [0.29, 0.717) is 0 Å². The third kappa shape index (κ3) is 4.34. The average Bonchev–Trinajstić information content (AvgIpc) is 3.39. The van der Waals surface area contributed by atoms with E-state index in [1.54, 1.807) is 0 Å². The highest BCUT2D eigenvalue weighted by atomic mass is 14.9. The molecule has 164 valence electrons. The van der Waals surface area contributed by atoms with Gasteiger partial charge in [0.25, 0.3) is 0 Å². The summed E-state index contributed by atoms with van der Waals surface area (Å²) in [4.78, 5) is 13.3. The molecule has 6 rings (SSSR count). The van der Waals surface area contributed by atoms with Gasteiger partial charge in [-0.25, -0.2) is 4.98 Å². The van der Waals surface area contributed by atoms with Gasteiger partial charge < -0.3 is 4.98 Å². The van der Waals surface area contributed by atoms with Gasteiger partial charge in [0, 0.05) is 39.4 Å². The van der Waals surface area contributed by atoms with Crippen LogP contribution in [0.15, 0.2) is 121 Å². The van der Waals surface area contributed by atoms with Crippen molar-refractivity contribution in [1.29, 1.82) is 0 Å². The fraction of sp³-hybridized carbons (Fsp3) is 0. The maximum Gasteiger partial charge on any atom is 0.138 e. The molecule has 0 spiro atoms. The van der Waals surface area contributed by atoms with Crippen molar-refractivity contribution in [3.63, 3.8) is 0 Å². The Bertz CT molecular complexity index is 1670. The molecule has 0 saturated heterocycles. The van der Waals surface area contributed by atoms with Crippen LogP contribution in [0.4, 0.5) is 0 Å². The van der Waals surface area contributed by atoms with Crippen LogP contribution in [-0.4, -0.2) is 15.0 Å². The second kappa shape index (κ2) is 9.13. The van der Waals surface area contributed by atoms with Gasteiger partial charge in [0.1, 0.15) is 5.82 Å². The number of para-hydroxylation sites is 1. The normalized spacial score (nSPS) is 10.6. The summed E-state index contributed by atoms with van der Waals surface area (Å²) < 4.78 is 0. The average molecular weight is 448 g/mol. The highest BCUT2D eigenvalue weighted by Gasteiger charge is 2.16. The van der Waals surface area contributed by atoms with Crippen molar-refractivity contribution in [2.45, 2.75) is 0 Å². The van der Waals surface area contributed by atoms with Crippen LogP contribution < -0.4 is 0 Å². The van der Waals surface area contributed by atoms with Gasteiger partial charge in [-0.1, -0.05) is 90.7 Å². The number of rotatable bonds is 3. The summed E-state index contributed by atoms with van der Waals surface area (Å²) in [6.45, 7) is 0. The van der Waals surface area contributed by atoms with Crippen LogP contribution in [0.25, 0.3) is 44.8 Å². The molecular formula is C32H21N3. The number of H-pyrrole nitrogens is 1. The van der Waals surface area contributed by atoms with E-state index in [1.165, 1.54) is 0 Å². The number of hydrogen-bond acceptors (Lipinski definition) is 2. The highest BCUT2D eigenvalue weighted by molar-refractivity contribution is 5.87. The number of nitrogens with one attached hydrogen (secondary N) is 1. The maximum absolute atomic E-state index is 5.03. The van der Waals surface area contributed by atoms with Crippen LogP contribution in [-0.2, 0) is 0 Å². The maximum atomic E-state index is 5.03. The summed E-state index contributed by atoms with van der Waals surface area (Å²) in [5.74, 6) is 7.26. The number of fused-ring (bicyclic) bond motifs is 1. The zero-order valence-corrected chi connectivity index (χ0v) is 18.9. The standard InChI is InChI=1S/C32H21N3/c1-3-9-23(10-4-1)15-16-24-17-19-26(20-18-24)32-34-30(25-11-5-2-6-12-25)31(35-32)28-21-27-13-7-8-14-29(27)33-22-28/h1-14,17-22H,(H,34,35). The second-order valence-electron chi connectivity index (χ2n) is 8.29. The van der Waals surface area contributed by atoms with Crippen LogP contribution in [0, 0.1) is 11.8 Å². The predicted octanol–water partition coefficient (Wildman–Crippen LogP) is 7.36. The predicted molar refractivity (Wildman–Crippen MR) is 143 cm³/mol. The molecule has 0 aliphatic carbocycles. The Labute approximate surface area is 204 Å². The summed E-state index contributed by atoms with van der Waals surface area (Å²) in [7, 11) is 0. The topological polar surface area (TPSA) is 41.6 Å². The zero-order valence-electron chi connectivity index (χ0n) is 18.9. The highest BCUT2D eigenvalue weighted by Crippen LogP contribution is 2.33. The van der Waals surface area contributed by atoms with Crippen molar-refractivity contribution in [2.75, 3.05) is 0 Å². The third-order valence-corrected chi connectivity index (χ3v) is 5.91. The summed E-state index contributed by atoms with van der Waals surface area (Å²) >= 11 is 0. The van der Waals surface area contributed by atoms with Gasteiger partial charge in [-0.15, -0.1) is 0 Å². The molecule has 2 aromatic heterocycles. The van der Waals surface area contributed by atoms with E-state index in [4.69, 9.17) is 4.98 Å². The molecule has 0 aliphatic heterocycles. The molecule has 6 aromatic rings. The van der Waals surface area contributed by atoms with Crippen LogP contribution in [0.3, 0.4) is 0 Å². The van der Waals surface area contributed by atoms with Crippen molar-refractivity contribution in [3.8, 4) is 45.7 Å². The van der Waals surface area contributed by atoms with E-state index in [0.717, 1.165) is 55.9 Å². The zero-order chi connectivity index (χ0) is 23.5. The Morgan fingerprint density at radius 1 is 0.571 bits per heavy atom. The van der Waals surface area contributed by atoms with Gasteiger partial charge >= 0.3 is 0 Å². The van der Waals surface area contributed by atoms with Gasteiger partial charge in [0.2, 0.25) is 0 Å².